The summed E-state index contributed by atoms with van der Waals surface area (Å²) >= 11 is 0. The number of ketones is 2. The normalized spacial score (nSPS) is 32.5. The highest BCUT2D eigenvalue weighted by Crippen LogP contribution is 2.60. The zero-order chi connectivity index (χ0) is 34.5. The molecule has 46 heavy (non-hydrogen) atoms. The number of hydrogen-bond donors (Lipinski definition) is 5. The van der Waals surface area contributed by atoms with Gasteiger partial charge in [0.05, 0.1) is 11.1 Å². The summed E-state index contributed by atoms with van der Waals surface area (Å²) in [6, 6.07) is 0.906. The van der Waals surface area contributed by atoms with Crippen LogP contribution in [0.25, 0.3) is 0 Å². The summed E-state index contributed by atoms with van der Waals surface area (Å²) in [5.41, 5.74) is -1.54. The van der Waals surface area contributed by atoms with E-state index in [9.17, 15) is 48.0 Å². The van der Waals surface area contributed by atoms with Crippen LogP contribution in [0, 0.1) is 28.6 Å². The van der Waals surface area contributed by atoms with Crippen LogP contribution in [-0.4, -0.2) is 61.5 Å². The smallest absolute Gasteiger partial charge is 0.417 e. The fraction of sp³-hybridized carbons (Fsp3) is 0.618. The average molecular weight is 649 g/mol. The first-order valence-corrected chi connectivity index (χ1v) is 15.8. The number of phenolic OH excluding ortho intramolecular Hbond substituents is 1. The number of hydrogen-bond acceptors (Lipinski definition) is 8. The Kier molecular flexibility index (Phi) is 8.00. The van der Waals surface area contributed by atoms with Crippen molar-refractivity contribution in [3.63, 3.8) is 0 Å². The Labute approximate surface area is 266 Å². The minimum absolute atomic E-state index is 0.0456. The van der Waals surface area contributed by atoms with E-state index in [0.717, 1.165) is 25.3 Å². The Morgan fingerprint density at radius 1 is 1.11 bits per heavy atom. The van der Waals surface area contributed by atoms with Crippen LogP contribution in [0.2, 0.25) is 0 Å². The molecule has 252 valence electrons. The Morgan fingerprint density at radius 3 is 2.30 bits per heavy atom. The minimum atomic E-state index is -4.90. The number of Topliss-reactive ketones (excluding diaryl/α,β-unsaturated/α-hetero) is 2. The number of primary amides is 1. The van der Waals surface area contributed by atoms with Crippen LogP contribution in [-0.2, 0) is 28.7 Å². The van der Waals surface area contributed by atoms with Crippen LogP contribution >= 0.6 is 0 Å². The highest BCUT2D eigenvalue weighted by molar-refractivity contribution is 6.24. The van der Waals surface area contributed by atoms with E-state index in [-0.39, 0.29) is 35.4 Å². The fourth-order valence-electron chi connectivity index (χ4n) is 9.17. The Balaban J connectivity index is 1.61. The quantitative estimate of drug-likeness (QED) is 0.261. The molecule has 12 heteroatoms. The van der Waals surface area contributed by atoms with Gasteiger partial charge in [-0.1, -0.05) is 41.0 Å². The van der Waals surface area contributed by atoms with E-state index in [1.807, 2.05) is 4.90 Å². The highest BCUT2D eigenvalue weighted by Gasteiger charge is 2.60. The average Bonchev–Trinajstić information content (AvgIpc) is 3.09. The number of amides is 1. The molecule has 3 unspecified atom stereocenters. The molecule has 0 spiro atoms. The number of rotatable bonds is 6. The zero-order valence-corrected chi connectivity index (χ0v) is 27.0. The van der Waals surface area contributed by atoms with Crippen molar-refractivity contribution in [2.75, 3.05) is 7.05 Å². The van der Waals surface area contributed by atoms with Gasteiger partial charge in [-0.15, -0.1) is 0 Å². The second kappa shape index (κ2) is 10.8. The van der Waals surface area contributed by atoms with Crippen molar-refractivity contribution in [3.8, 4) is 5.75 Å². The molecule has 0 aromatic heterocycles. The maximum absolute atomic E-state index is 15.0. The molecule has 0 saturated heterocycles. The van der Waals surface area contributed by atoms with Crippen molar-refractivity contribution in [1.29, 1.82) is 0 Å². The summed E-state index contributed by atoms with van der Waals surface area (Å²) in [6.45, 7) is 10.7. The topological polar surface area (TPSA) is 161 Å². The Bertz CT molecular complexity index is 1600. The number of phenols is 1. The fourth-order valence-corrected chi connectivity index (χ4v) is 9.17. The van der Waals surface area contributed by atoms with E-state index >= 15 is 0 Å². The molecule has 0 heterocycles. The lowest BCUT2D eigenvalue weighted by atomic mass is 9.60. The number of allylic oxidation sites excluding steroid dienone is 2. The number of aliphatic hydroxyl groups is 3. The van der Waals surface area contributed by atoms with Gasteiger partial charge in [0, 0.05) is 30.5 Å². The van der Waals surface area contributed by atoms with Gasteiger partial charge in [-0.05, 0) is 72.6 Å². The number of benzene rings is 1. The van der Waals surface area contributed by atoms with Gasteiger partial charge in [0.1, 0.15) is 22.8 Å². The maximum Gasteiger partial charge on any atom is 0.417 e. The zero-order valence-electron chi connectivity index (χ0n) is 27.0. The van der Waals surface area contributed by atoms with Gasteiger partial charge in [0.25, 0.3) is 5.91 Å². The number of nitrogens with zero attached hydrogens (tertiary/aromatic N) is 1. The van der Waals surface area contributed by atoms with E-state index in [0.29, 0.717) is 5.92 Å². The number of fused-ring (bicyclic) bond motifs is 3. The number of carbonyl (C=O) groups is 3. The summed E-state index contributed by atoms with van der Waals surface area (Å²) in [5.74, 6) is -8.39. The molecular weight excluding hydrogens is 605 g/mol. The summed E-state index contributed by atoms with van der Waals surface area (Å²) in [7, 11) is 1.79. The van der Waals surface area contributed by atoms with Gasteiger partial charge in [-0.3, -0.25) is 19.3 Å². The van der Waals surface area contributed by atoms with Gasteiger partial charge >= 0.3 is 6.18 Å². The number of nitrogens with two attached hydrogens (primary N) is 1. The van der Waals surface area contributed by atoms with E-state index in [1.54, 1.807) is 7.05 Å². The van der Waals surface area contributed by atoms with Gasteiger partial charge in [0.2, 0.25) is 5.78 Å². The van der Waals surface area contributed by atoms with Crippen LogP contribution in [0.15, 0.2) is 28.7 Å². The van der Waals surface area contributed by atoms with Gasteiger partial charge < -0.3 is 26.2 Å². The van der Waals surface area contributed by atoms with Gasteiger partial charge in [-0.2, -0.15) is 13.2 Å². The van der Waals surface area contributed by atoms with Crippen LogP contribution < -0.4 is 5.73 Å². The van der Waals surface area contributed by atoms with Crippen LogP contribution in [0.3, 0.4) is 0 Å². The van der Waals surface area contributed by atoms with Crippen molar-refractivity contribution in [2.45, 2.75) is 97.5 Å². The molecule has 1 amide bonds. The molecule has 0 radical (unpaired) electrons. The summed E-state index contributed by atoms with van der Waals surface area (Å²) in [5, 5.41) is 44.1. The number of carbonyl (C=O) groups excluding carboxylic acids is 3. The highest BCUT2D eigenvalue weighted by atomic mass is 19.4. The Hall–Kier alpha value is -3.38. The van der Waals surface area contributed by atoms with E-state index in [1.165, 1.54) is 0 Å². The van der Waals surface area contributed by atoms with Crippen LogP contribution in [0.4, 0.5) is 13.2 Å². The third-order valence-electron chi connectivity index (χ3n) is 12.2. The number of aromatic hydroxyl groups is 1. The lowest BCUT2D eigenvalue weighted by Crippen LogP contribution is -2.57. The monoisotopic (exact) mass is 648 g/mol. The van der Waals surface area contributed by atoms with Crippen molar-refractivity contribution in [2.24, 2.45) is 34.3 Å². The number of aliphatic hydroxyl groups excluding tert-OH is 2. The maximum atomic E-state index is 15.0. The predicted octanol–water partition coefficient (Wildman–Crippen LogP) is 5.27. The van der Waals surface area contributed by atoms with Crippen molar-refractivity contribution < 1.29 is 48.0 Å². The molecule has 6 atom stereocenters. The van der Waals surface area contributed by atoms with Crippen LogP contribution in [0.5, 0.6) is 5.75 Å². The van der Waals surface area contributed by atoms with Gasteiger partial charge in [-0.25, -0.2) is 0 Å². The van der Waals surface area contributed by atoms with Crippen LogP contribution in [0.1, 0.15) is 93.8 Å². The summed E-state index contributed by atoms with van der Waals surface area (Å²) < 4.78 is 45.0. The molecule has 1 fully saturated rings. The molecule has 6 N–H and O–H groups in total. The van der Waals surface area contributed by atoms with E-state index in [4.69, 9.17) is 5.73 Å². The first kappa shape index (κ1) is 34.0. The molecular formula is C34H43F3N2O7. The summed E-state index contributed by atoms with van der Waals surface area (Å²) in [4.78, 5) is 40.8. The second-order valence-corrected chi connectivity index (χ2v) is 14.6. The third-order valence-corrected chi connectivity index (χ3v) is 12.2. The molecule has 1 aromatic rings. The molecule has 9 nitrogen and oxygen atoms in total. The predicted molar refractivity (Wildman–Crippen MR) is 162 cm³/mol. The molecule has 0 bridgehead atoms. The molecule has 5 rings (SSSR count). The SMILES string of the molecule is CCCC1(C)[C@@H](N(C)Cc2cc(O)c3c(c2C(F)(F)F)CC2C[C@H]4CC(O)=C(C(N)=O)C(=O)[C@@]4(O)C(O)=C2C3=O)CC(C)C1(C)C. The first-order valence-electron chi connectivity index (χ1n) is 15.8. The standard InChI is InChI=1S/C34H43F3N2O7/c1-7-8-32(5)22(9-15(2)31(32,3)4)39(6)14-17-12-20(40)24-19(26(17)34(35,36)37)11-16-10-18-13-21(41)25(30(38)45)29(44)33(18,46)28(43)23(16)27(24)42/h12,15-16,18,22,40-41,43,46H,7-11,13-14H2,1-6H3,(H2,38,45)/t15?,16?,18-,22-,32?,33-/m0/s1. The number of halogens is 3. The minimum Gasteiger partial charge on any atom is -0.511 e. The van der Waals surface area contributed by atoms with Gasteiger partial charge in [0.15, 0.2) is 11.4 Å². The lowest BCUT2D eigenvalue weighted by Gasteiger charge is -2.47. The molecule has 4 aliphatic carbocycles. The third kappa shape index (κ3) is 4.61. The van der Waals surface area contributed by atoms with Crippen molar-refractivity contribution >= 4 is 17.5 Å². The Morgan fingerprint density at radius 2 is 1.74 bits per heavy atom. The van der Waals surface area contributed by atoms with E-state index in [2.05, 4.69) is 34.6 Å². The van der Waals surface area contributed by atoms with Crippen molar-refractivity contribution in [3.05, 3.63) is 51.0 Å². The molecule has 1 aromatic carbocycles. The van der Waals surface area contributed by atoms with E-state index < -0.39 is 99.0 Å². The first-order chi connectivity index (χ1) is 21.1. The number of alkyl halides is 3. The largest absolute Gasteiger partial charge is 0.511 e. The van der Waals surface area contributed by atoms with Crippen molar-refractivity contribution in [1.82, 2.24) is 4.90 Å². The summed E-state index contributed by atoms with van der Waals surface area (Å²) in [6.07, 6.45) is -3.46. The molecule has 1 saturated carbocycles. The molecule has 4 aliphatic rings. The molecule has 0 aliphatic heterocycles. The second-order valence-electron chi connectivity index (χ2n) is 14.6. The lowest BCUT2D eigenvalue weighted by molar-refractivity contribution is -0.144.